The van der Waals surface area contributed by atoms with Gasteiger partial charge in [-0.2, -0.15) is 8.78 Å². The summed E-state index contributed by atoms with van der Waals surface area (Å²) in [7, 11) is 1.48. The average molecular weight is 236 g/mol. The maximum atomic E-state index is 12.6. The van der Waals surface area contributed by atoms with Crippen molar-refractivity contribution in [2.24, 2.45) is 0 Å². The van der Waals surface area contributed by atoms with Gasteiger partial charge in [-0.3, -0.25) is 0 Å². The van der Waals surface area contributed by atoms with Crippen LogP contribution in [0.2, 0.25) is 0 Å². The van der Waals surface area contributed by atoms with E-state index in [0.29, 0.717) is 0 Å². The van der Waals surface area contributed by atoms with Crippen LogP contribution in [0.15, 0.2) is 11.8 Å². The van der Waals surface area contributed by atoms with Gasteiger partial charge in [0.15, 0.2) is 23.8 Å². The van der Waals surface area contributed by atoms with Gasteiger partial charge in [0.1, 0.15) is 6.10 Å². The maximum absolute atomic E-state index is 12.6. The second-order valence-corrected chi connectivity index (χ2v) is 4.26. The predicted octanol–water partition coefficient (Wildman–Crippen LogP) is 1.66. The van der Waals surface area contributed by atoms with E-state index in [4.69, 9.17) is 18.9 Å². The zero-order valence-corrected chi connectivity index (χ0v) is 9.33. The van der Waals surface area contributed by atoms with Crippen molar-refractivity contribution in [1.29, 1.82) is 0 Å². The molecule has 0 bridgehead atoms. The number of hydrogen-bond acceptors (Lipinski definition) is 4. The highest BCUT2D eigenvalue weighted by atomic mass is 19.3. The molecule has 0 unspecified atom stereocenters. The molecular weight excluding hydrogens is 222 g/mol. The fourth-order valence-corrected chi connectivity index (χ4v) is 2.01. The van der Waals surface area contributed by atoms with E-state index in [1.807, 2.05) is 0 Å². The Morgan fingerprint density at radius 2 is 2.06 bits per heavy atom. The van der Waals surface area contributed by atoms with Crippen LogP contribution in [0.4, 0.5) is 8.78 Å². The summed E-state index contributed by atoms with van der Waals surface area (Å²) in [6.45, 7) is 3.56. The normalized spacial score (nSPS) is 36.1. The van der Waals surface area contributed by atoms with Crippen molar-refractivity contribution in [2.75, 3.05) is 13.7 Å². The van der Waals surface area contributed by atoms with Crippen molar-refractivity contribution in [2.45, 2.75) is 37.9 Å². The number of methoxy groups -OCH3 is 1. The van der Waals surface area contributed by atoms with Gasteiger partial charge in [-0.05, 0) is 13.8 Å². The number of fused-ring (bicyclic) bond motifs is 1. The van der Waals surface area contributed by atoms with E-state index >= 15 is 0 Å². The lowest BCUT2D eigenvalue weighted by Crippen LogP contribution is -2.32. The molecule has 0 aromatic carbocycles. The standard InChI is InChI=1S/C10H14F2O4/c1-10(2)15-6-5(4-13-3)14-8(9(11)12)7(6)16-10/h5-7H,4H2,1-3H3/t5-,6-,7-/m1/s1. The fourth-order valence-electron chi connectivity index (χ4n) is 2.01. The largest absolute Gasteiger partial charge is 0.481 e. The molecule has 2 rings (SSSR count). The van der Waals surface area contributed by atoms with E-state index in [0.717, 1.165) is 0 Å². The molecule has 4 nitrogen and oxygen atoms in total. The van der Waals surface area contributed by atoms with E-state index in [1.165, 1.54) is 7.11 Å². The van der Waals surface area contributed by atoms with E-state index in [2.05, 4.69) is 0 Å². The molecule has 0 spiro atoms. The minimum atomic E-state index is -1.87. The highest BCUT2D eigenvalue weighted by Crippen LogP contribution is 2.42. The first-order chi connectivity index (χ1) is 7.44. The average Bonchev–Trinajstić information content (AvgIpc) is 2.61. The Kier molecular flexibility index (Phi) is 2.90. The molecule has 16 heavy (non-hydrogen) atoms. The molecule has 0 aromatic heterocycles. The van der Waals surface area contributed by atoms with Crippen LogP contribution >= 0.6 is 0 Å². The first kappa shape index (κ1) is 11.8. The summed E-state index contributed by atoms with van der Waals surface area (Å²) in [6.07, 6.45) is -3.78. The van der Waals surface area contributed by atoms with Crippen molar-refractivity contribution in [3.63, 3.8) is 0 Å². The first-order valence-electron chi connectivity index (χ1n) is 5.01. The van der Waals surface area contributed by atoms with Gasteiger partial charge in [-0.15, -0.1) is 0 Å². The highest BCUT2D eigenvalue weighted by molar-refractivity contribution is 5.14. The summed E-state index contributed by atoms with van der Waals surface area (Å²) in [4.78, 5) is 0. The Morgan fingerprint density at radius 1 is 1.38 bits per heavy atom. The van der Waals surface area contributed by atoms with Crippen molar-refractivity contribution in [3.8, 4) is 0 Å². The van der Waals surface area contributed by atoms with Crippen LogP contribution < -0.4 is 0 Å². The Bertz CT molecular complexity index is 312. The van der Waals surface area contributed by atoms with Crippen molar-refractivity contribution < 1.29 is 27.7 Å². The second kappa shape index (κ2) is 3.94. The third kappa shape index (κ3) is 1.92. The molecule has 2 saturated heterocycles. The van der Waals surface area contributed by atoms with Gasteiger partial charge >= 0.3 is 6.08 Å². The Balaban J connectivity index is 2.22. The Labute approximate surface area is 92.1 Å². The minimum absolute atomic E-state index is 0.192. The van der Waals surface area contributed by atoms with Crippen molar-refractivity contribution >= 4 is 0 Å². The predicted molar refractivity (Wildman–Crippen MR) is 49.8 cm³/mol. The van der Waals surface area contributed by atoms with E-state index < -0.39 is 35.9 Å². The highest BCUT2D eigenvalue weighted by Gasteiger charge is 2.55. The summed E-state index contributed by atoms with van der Waals surface area (Å²) >= 11 is 0. The molecule has 2 heterocycles. The molecule has 2 aliphatic rings. The third-order valence-electron chi connectivity index (χ3n) is 2.55. The second-order valence-electron chi connectivity index (χ2n) is 4.26. The lowest BCUT2D eigenvalue weighted by Gasteiger charge is -2.21. The lowest BCUT2D eigenvalue weighted by molar-refractivity contribution is -0.170. The molecule has 92 valence electrons. The zero-order chi connectivity index (χ0) is 11.9. The molecule has 0 N–H and O–H groups in total. The molecule has 0 aromatic rings. The molecule has 6 heteroatoms. The maximum Gasteiger partial charge on any atom is 0.310 e. The van der Waals surface area contributed by atoms with E-state index in [-0.39, 0.29) is 6.61 Å². The number of halogens is 2. The molecule has 0 radical (unpaired) electrons. The van der Waals surface area contributed by atoms with Gasteiger partial charge in [0, 0.05) is 7.11 Å². The van der Waals surface area contributed by atoms with Crippen LogP contribution in [-0.2, 0) is 18.9 Å². The lowest BCUT2D eigenvalue weighted by atomic mass is 10.1. The minimum Gasteiger partial charge on any atom is -0.481 e. The van der Waals surface area contributed by atoms with E-state index in [1.54, 1.807) is 13.8 Å². The smallest absolute Gasteiger partial charge is 0.310 e. The summed E-state index contributed by atoms with van der Waals surface area (Å²) in [5, 5.41) is 0. The van der Waals surface area contributed by atoms with Crippen LogP contribution in [0.25, 0.3) is 0 Å². The summed E-state index contributed by atoms with van der Waals surface area (Å²) in [6, 6.07) is 0. The van der Waals surface area contributed by atoms with Crippen LogP contribution in [0.1, 0.15) is 13.8 Å². The van der Waals surface area contributed by atoms with Gasteiger partial charge in [0.25, 0.3) is 0 Å². The Morgan fingerprint density at radius 3 is 2.62 bits per heavy atom. The molecule has 0 saturated carbocycles. The van der Waals surface area contributed by atoms with Gasteiger partial charge in [-0.25, -0.2) is 0 Å². The number of ether oxygens (including phenoxy) is 4. The summed E-state index contributed by atoms with van der Waals surface area (Å²) < 4.78 is 46.1. The third-order valence-corrected chi connectivity index (χ3v) is 2.55. The molecule has 2 aliphatic heterocycles. The number of rotatable bonds is 2. The first-order valence-corrected chi connectivity index (χ1v) is 5.01. The fraction of sp³-hybridized carbons (Fsp3) is 0.800. The molecule has 2 fully saturated rings. The van der Waals surface area contributed by atoms with Crippen LogP contribution in [0, 0.1) is 0 Å². The molecule has 0 amide bonds. The Hall–Kier alpha value is -0.720. The topological polar surface area (TPSA) is 36.9 Å². The van der Waals surface area contributed by atoms with E-state index in [9.17, 15) is 8.78 Å². The van der Waals surface area contributed by atoms with Gasteiger partial charge in [0.05, 0.1) is 6.61 Å². The molecule has 0 aliphatic carbocycles. The van der Waals surface area contributed by atoms with Crippen LogP contribution in [0.5, 0.6) is 0 Å². The van der Waals surface area contributed by atoms with Crippen LogP contribution in [-0.4, -0.2) is 37.8 Å². The zero-order valence-electron chi connectivity index (χ0n) is 9.33. The monoisotopic (exact) mass is 236 g/mol. The van der Waals surface area contributed by atoms with Crippen molar-refractivity contribution in [1.82, 2.24) is 0 Å². The summed E-state index contributed by atoms with van der Waals surface area (Å²) in [5.41, 5.74) is 0. The van der Waals surface area contributed by atoms with Gasteiger partial charge in [-0.1, -0.05) is 0 Å². The molecule has 3 atom stereocenters. The van der Waals surface area contributed by atoms with Crippen molar-refractivity contribution in [3.05, 3.63) is 11.8 Å². The van der Waals surface area contributed by atoms with Gasteiger partial charge in [0.2, 0.25) is 0 Å². The van der Waals surface area contributed by atoms with Gasteiger partial charge < -0.3 is 18.9 Å². The molecular formula is C10H14F2O4. The summed E-state index contributed by atoms with van der Waals surface area (Å²) in [5.74, 6) is -1.30. The van der Waals surface area contributed by atoms with Crippen LogP contribution in [0.3, 0.4) is 0 Å². The quantitative estimate of drug-likeness (QED) is 0.730. The number of hydrogen-bond donors (Lipinski definition) is 0. The SMILES string of the molecule is COC[C@H]1OC(=C(F)F)[C@@H]2OC(C)(C)O[C@H]12.